The minimum absolute atomic E-state index is 0.0312. The molecule has 166 valence electrons. The van der Waals surface area contributed by atoms with Gasteiger partial charge in [0.1, 0.15) is 11.8 Å². The van der Waals surface area contributed by atoms with Crippen LogP contribution in [0.5, 0.6) is 0 Å². The molecule has 3 rings (SSSR count). The molecule has 3 heterocycles. The fraction of sp³-hybridized carbons (Fsp3) is 0.905. The van der Waals surface area contributed by atoms with Crippen LogP contribution >= 0.6 is 0 Å². The van der Waals surface area contributed by atoms with Gasteiger partial charge in [-0.15, -0.1) is 0 Å². The number of piperidine rings is 2. The molecule has 0 radical (unpaired) electrons. The normalized spacial score (nSPS) is 37.2. The largest absolute Gasteiger partial charge is 0.379 e. The van der Waals surface area contributed by atoms with Gasteiger partial charge < -0.3 is 19.9 Å². The second kappa shape index (κ2) is 9.73. The zero-order chi connectivity index (χ0) is 21.1. The Morgan fingerprint density at radius 2 is 2.21 bits per heavy atom. The standard InChI is InChI=1S/C21H39N5O3/c1-5-23-20(27)15-12-16-19(25(17(15)22)10-7-11-29-13(2)3)24-18-14(4)8-6-9-26(18)21(16)28/h13-19,24H,5-12,22H2,1-4H3,(H,23,27)/p+1. The van der Waals surface area contributed by atoms with Gasteiger partial charge in [-0.3, -0.25) is 15.3 Å². The first-order valence-corrected chi connectivity index (χ1v) is 11.4. The molecule has 0 spiro atoms. The zero-order valence-corrected chi connectivity index (χ0v) is 18.4. The van der Waals surface area contributed by atoms with Gasteiger partial charge in [0.25, 0.3) is 0 Å². The van der Waals surface area contributed by atoms with E-state index in [0.29, 0.717) is 25.5 Å². The van der Waals surface area contributed by atoms with E-state index in [2.05, 4.69) is 17.6 Å². The maximum Gasteiger partial charge on any atom is 0.234 e. The molecule has 5 N–H and O–H groups in total. The summed E-state index contributed by atoms with van der Waals surface area (Å²) in [6.45, 7) is 11.0. The second-order valence-corrected chi connectivity index (χ2v) is 9.21. The molecule has 2 amide bonds. The highest BCUT2D eigenvalue weighted by Gasteiger charge is 2.55. The Hall–Kier alpha value is -1.22. The summed E-state index contributed by atoms with van der Waals surface area (Å²) in [4.78, 5) is 29.3. The Kier molecular flexibility index (Phi) is 7.53. The van der Waals surface area contributed by atoms with Gasteiger partial charge in [-0.1, -0.05) is 6.92 Å². The predicted molar refractivity (Wildman–Crippen MR) is 111 cm³/mol. The van der Waals surface area contributed by atoms with E-state index in [9.17, 15) is 9.59 Å². The van der Waals surface area contributed by atoms with Crippen LogP contribution in [0.4, 0.5) is 0 Å². The predicted octanol–water partition coefficient (Wildman–Crippen LogP) is -0.743. The monoisotopic (exact) mass is 410 g/mol. The van der Waals surface area contributed by atoms with Gasteiger partial charge in [0, 0.05) is 19.5 Å². The van der Waals surface area contributed by atoms with Crippen LogP contribution in [0.25, 0.3) is 0 Å². The summed E-state index contributed by atoms with van der Waals surface area (Å²) in [7, 11) is 0. The van der Waals surface area contributed by atoms with Crippen LogP contribution in [0, 0.1) is 17.8 Å². The molecular weight excluding hydrogens is 370 g/mol. The molecule has 0 aromatic heterocycles. The molecule has 8 heteroatoms. The molecule has 3 saturated heterocycles. The molecule has 0 aliphatic carbocycles. The van der Waals surface area contributed by atoms with E-state index in [1.54, 1.807) is 0 Å². The van der Waals surface area contributed by atoms with Crippen molar-refractivity contribution in [2.24, 2.45) is 23.5 Å². The van der Waals surface area contributed by atoms with E-state index >= 15 is 0 Å². The third kappa shape index (κ3) is 4.76. The van der Waals surface area contributed by atoms with Crippen LogP contribution in [0.2, 0.25) is 0 Å². The van der Waals surface area contributed by atoms with Crippen molar-refractivity contribution in [1.29, 1.82) is 0 Å². The number of hydrogen-bond donors (Lipinski definition) is 4. The van der Waals surface area contributed by atoms with Crippen molar-refractivity contribution >= 4 is 11.8 Å². The van der Waals surface area contributed by atoms with Crippen LogP contribution in [0.1, 0.15) is 53.4 Å². The third-order valence-electron chi connectivity index (χ3n) is 6.80. The number of hydrogen-bond acceptors (Lipinski definition) is 5. The number of amides is 2. The van der Waals surface area contributed by atoms with E-state index in [0.717, 1.165) is 37.3 Å². The molecule has 0 aromatic carbocycles. The highest BCUT2D eigenvalue weighted by atomic mass is 16.5. The second-order valence-electron chi connectivity index (χ2n) is 9.21. The highest BCUT2D eigenvalue weighted by molar-refractivity contribution is 5.83. The number of carbonyl (C=O) groups excluding carboxylic acids is 2. The summed E-state index contributed by atoms with van der Waals surface area (Å²) >= 11 is 0. The smallest absolute Gasteiger partial charge is 0.234 e. The number of rotatable bonds is 7. The first kappa shape index (κ1) is 22.5. The van der Waals surface area contributed by atoms with Crippen LogP contribution < -0.4 is 21.3 Å². The van der Waals surface area contributed by atoms with E-state index in [1.807, 2.05) is 25.7 Å². The number of nitrogens with one attached hydrogen (secondary N) is 3. The third-order valence-corrected chi connectivity index (χ3v) is 6.80. The fourth-order valence-electron chi connectivity index (χ4n) is 5.33. The van der Waals surface area contributed by atoms with Gasteiger partial charge in [-0.2, -0.15) is 0 Å². The molecule has 0 saturated carbocycles. The maximum atomic E-state index is 13.4. The number of quaternary nitrogens is 1. The number of carbonyl (C=O) groups is 2. The number of fused-ring (bicyclic) bond motifs is 2. The number of nitrogens with zero attached hydrogens (tertiary/aromatic N) is 1. The molecule has 29 heavy (non-hydrogen) atoms. The van der Waals surface area contributed by atoms with Crippen LogP contribution in [-0.4, -0.2) is 67.6 Å². The minimum Gasteiger partial charge on any atom is -0.379 e. The molecule has 3 aliphatic rings. The van der Waals surface area contributed by atoms with Crippen molar-refractivity contribution in [3.63, 3.8) is 0 Å². The summed E-state index contributed by atoms with van der Waals surface area (Å²) in [6, 6.07) is 0. The van der Waals surface area contributed by atoms with E-state index in [4.69, 9.17) is 10.5 Å². The molecule has 7 unspecified atom stereocenters. The van der Waals surface area contributed by atoms with Gasteiger partial charge in [0.15, 0.2) is 12.3 Å². The highest BCUT2D eigenvalue weighted by Crippen LogP contribution is 2.32. The zero-order valence-electron chi connectivity index (χ0n) is 18.4. The number of likely N-dealkylation sites (tertiary alicyclic amines) is 1. The summed E-state index contributed by atoms with van der Waals surface area (Å²) in [5.74, 6) is 0.0435. The molecule has 0 bridgehead atoms. The lowest BCUT2D eigenvalue weighted by molar-refractivity contribution is -0.965. The Balaban J connectivity index is 1.80. The lowest BCUT2D eigenvalue weighted by atomic mass is 9.79. The van der Waals surface area contributed by atoms with Crippen LogP contribution in [0.15, 0.2) is 0 Å². The average Bonchev–Trinajstić information content (AvgIpc) is 2.67. The SMILES string of the molecule is CCNC(=O)C1CC2C(=O)N3CCCC(C)C3NC2[NH+](CCCOC(C)C)C1N. The van der Waals surface area contributed by atoms with Crippen molar-refractivity contribution in [3.05, 3.63) is 0 Å². The van der Waals surface area contributed by atoms with Gasteiger partial charge in [-0.05, 0) is 46.0 Å². The fourth-order valence-corrected chi connectivity index (χ4v) is 5.33. The average molecular weight is 411 g/mol. The van der Waals surface area contributed by atoms with Crippen molar-refractivity contribution < 1.29 is 19.2 Å². The Bertz CT molecular complexity index is 587. The lowest BCUT2D eigenvalue weighted by Crippen LogP contribution is -3.26. The van der Waals surface area contributed by atoms with Crippen molar-refractivity contribution in [2.75, 3.05) is 26.2 Å². The molecular formula is C21H40N5O3+. The molecule has 3 fully saturated rings. The quantitative estimate of drug-likeness (QED) is 0.414. The summed E-state index contributed by atoms with van der Waals surface area (Å²) in [5, 5.41) is 6.69. The van der Waals surface area contributed by atoms with Crippen LogP contribution in [-0.2, 0) is 14.3 Å². The van der Waals surface area contributed by atoms with Gasteiger partial charge in [0.2, 0.25) is 11.8 Å². The molecule has 3 aliphatic heterocycles. The Morgan fingerprint density at radius 3 is 2.90 bits per heavy atom. The van der Waals surface area contributed by atoms with E-state index in [1.165, 1.54) is 0 Å². The molecule has 0 aromatic rings. The van der Waals surface area contributed by atoms with Crippen LogP contribution in [0.3, 0.4) is 0 Å². The summed E-state index contributed by atoms with van der Waals surface area (Å²) in [5.41, 5.74) is 6.65. The topological polar surface area (TPSA) is 101 Å². The lowest BCUT2D eigenvalue weighted by Gasteiger charge is -2.54. The van der Waals surface area contributed by atoms with Crippen molar-refractivity contribution in [1.82, 2.24) is 15.5 Å². The summed E-state index contributed by atoms with van der Waals surface area (Å²) < 4.78 is 5.71. The van der Waals surface area contributed by atoms with Gasteiger partial charge in [0.05, 0.1) is 25.4 Å². The molecule has 8 nitrogen and oxygen atoms in total. The Morgan fingerprint density at radius 1 is 1.45 bits per heavy atom. The van der Waals surface area contributed by atoms with Gasteiger partial charge in [-0.25, -0.2) is 5.32 Å². The maximum absolute atomic E-state index is 13.4. The summed E-state index contributed by atoms with van der Waals surface area (Å²) in [6.07, 6.45) is 3.46. The number of nitrogens with two attached hydrogens (primary N) is 1. The first-order chi connectivity index (χ1) is 13.8. The van der Waals surface area contributed by atoms with Crippen molar-refractivity contribution in [3.8, 4) is 0 Å². The van der Waals surface area contributed by atoms with E-state index in [-0.39, 0.29) is 48.3 Å². The Labute approximate surface area is 174 Å². The number of ether oxygens (including phenoxy) is 1. The first-order valence-electron chi connectivity index (χ1n) is 11.4. The van der Waals surface area contributed by atoms with Gasteiger partial charge >= 0.3 is 0 Å². The molecule has 7 atom stereocenters. The van der Waals surface area contributed by atoms with E-state index < -0.39 is 0 Å². The van der Waals surface area contributed by atoms with Crippen molar-refractivity contribution in [2.45, 2.75) is 78.0 Å². The minimum atomic E-state index is -0.346.